The topological polar surface area (TPSA) is 48.1 Å². The minimum Gasteiger partial charge on any atom is -0.494 e. The van der Waals surface area contributed by atoms with Crippen molar-refractivity contribution in [1.29, 1.82) is 0 Å². The van der Waals surface area contributed by atoms with E-state index in [0.717, 1.165) is 0 Å². The van der Waals surface area contributed by atoms with Crippen molar-refractivity contribution in [3.05, 3.63) is 23.0 Å². The SMILES string of the molecule is COc1c(C)cc(CN)nc1C(F)F. The Labute approximate surface area is 80.9 Å². The smallest absolute Gasteiger partial charge is 0.284 e. The van der Waals surface area contributed by atoms with Crippen molar-refractivity contribution in [2.45, 2.75) is 19.9 Å². The first-order valence-electron chi connectivity index (χ1n) is 4.12. The first-order chi connectivity index (χ1) is 6.60. The van der Waals surface area contributed by atoms with Crippen LogP contribution in [0.3, 0.4) is 0 Å². The number of aryl methyl sites for hydroxylation is 1. The quantitative estimate of drug-likeness (QED) is 0.812. The van der Waals surface area contributed by atoms with Gasteiger partial charge in [-0.15, -0.1) is 0 Å². The Balaban J connectivity index is 3.28. The number of nitrogens with two attached hydrogens (primary N) is 1. The molecule has 0 saturated heterocycles. The van der Waals surface area contributed by atoms with Crippen molar-refractivity contribution in [2.75, 3.05) is 7.11 Å². The van der Waals surface area contributed by atoms with Gasteiger partial charge in [0.1, 0.15) is 11.4 Å². The second-order valence-corrected chi connectivity index (χ2v) is 2.85. The number of ether oxygens (including phenoxy) is 1. The number of alkyl halides is 2. The van der Waals surface area contributed by atoms with E-state index >= 15 is 0 Å². The monoisotopic (exact) mass is 202 g/mol. The Kier molecular flexibility index (Phi) is 3.35. The predicted molar refractivity (Wildman–Crippen MR) is 48.4 cm³/mol. The summed E-state index contributed by atoms with van der Waals surface area (Å²) in [4.78, 5) is 3.72. The number of hydrogen-bond donors (Lipinski definition) is 1. The van der Waals surface area contributed by atoms with Gasteiger partial charge in [0.05, 0.1) is 12.8 Å². The molecule has 14 heavy (non-hydrogen) atoms. The maximum Gasteiger partial charge on any atom is 0.284 e. The molecule has 1 heterocycles. The van der Waals surface area contributed by atoms with Crippen LogP contribution in [-0.2, 0) is 6.54 Å². The standard InChI is InChI=1S/C9H12F2N2O/c1-5-3-6(4-12)13-7(9(10)11)8(5)14-2/h3,9H,4,12H2,1-2H3. The molecule has 0 saturated carbocycles. The maximum atomic E-state index is 12.5. The lowest BCUT2D eigenvalue weighted by atomic mass is 10.2. The molecule has 1 aromatic rings. The Morgan fingerprint density at radius 3 is 2.64 bits per heavy atom. The molecule has 0 aliphatic heterocycles. The average molecular weight is 202 g/mol. The summed E-state index contributed by atoms with van der Waals surface area (Å²) in [6.45, 7) is 1.83. The van der Waals surface area contributed by atoms with Gasteiger partial charge in [-0.3, -0.25) is 0 Å². The van der Waals surface area contributed by atoms with E-state index in [2.05, 4.69) is 4.98 Å². The zero-order chi connectivity index (χ0) is 10.7. The van der Waals surface area contributed by atoms with Crippen LogP contribution in [0, 0.1) is 6.92 Å². The number of pyridine rings is 1. The summed E-state index contributed by atoms with van der Waals surface area (Å²) in [7, 11) is 1.35. The Morgan fingerprint density at radius 1 is 1.57 bits per heavy atom. The van der Waals surface area contributed by atoms with Crippen molar-refractivity contribution < 1.29 is 13.5 Å². The van der Waals surface area contributed by atoms with Crippen LogP contribution in [0.5, 0.6) is 5.75 Å². The number of methoxy groups -OCH3 is 1. The molecular formula is C9H12F2N2O. The number of rotatable bonds is 3. The van der Waals surface area contributed by atoms with Gasteiger partial charge in [0.2, 0.25) is 0 Å². The molecule has 0 spiro atoms. The molecule has 0 bridgehead atoms. The molecule has 0 aliphatic rings. The first kappa shape index (κ1) is 10.8. The molecule has 0 aromatic carbocycles. The summed E-state index contributed by atoms with van der Waals surface area (Å²) in [5.41, 5.74) is 6.06. The van der Waals surface area contributed by atoms with Crippen LogP contribution in [-0.4, -0.2) is 12.1 Å². The molecular weight excluding hydrogens is 190 g/mol. The molecule has 78 valence electrons. The third kappa shape index (κ3) is 1.98. The Hall–Kier alpha value is -1.23. The fraction of sp³-hybridized carbons (Fsp3) is 0.444. The van der Waals surface area contributed by atoms with Gasteiger partial charge in [-0.2, -0.15) is 0 Å². The molecule has 0 radical (unpaired) electrons. The van der Waals surface area contributed by atoms with Gasteiger partial charge >= 0.3 is 0 Å². The highest BCUT2D eigenvalue weighted by molar-refractivity contribution is 5.38. The van der Waals surface area contributed by atoms with Crippen LogP contribution in [0.4, 0.5) is 8.78 Å². The Bertz CT molecular complexity index is 329. The van der Waals surface area contributed by atoms with Gasteiger partial charge in [0.15, 0.2) is 0 Å². The summed E-state index contributed by atoms with van der Waals surface area (Å²) in [5, 5.41) is 0. The molecule has 0 unspecified atom stereocenters. The van der Waals surface area contributed by atoms with Crippen LogP contribution in [0.2, 0.25) is 0 Å². The fourth-order valence-corrected chi connectivity index (χ4v) is 1.27. The second-order valence-electron chi connectivity index (χ2n) is 2.85. The van der Waals surface area contributed by atoms with Gasteiger partial charge in [-0.25, -0.2) is 13.8 Å². The molecule has 0 amide bonds. The molecule has 1 rings (SSSR count). The highest BCUT2D eigenvalue weighted by Gasteiger charge is 2.18. The Morgan fingerprint density at radius 2 is 2.21 bits per heavy atom. The van der Waals surface area contributed by atoms with E-state index in [1.54, 1.807) is 13.0 Å². The zero-order valence-electron chi connectivity index (χ0n) is 8.05. The summed E-state index contributed by atoms with van der Waals surface area (Å²) >= 11 is 0. The molecule has 2 N–H and O–H groups in total. The summed E-state index contributed by atoms with van der Waals surface area (Å²) in [6.07, 6.45) is -2.64. The number of hydrogen-bond acceptors (Lipinski definition) is 3. The van der Waals surface area contributed by atoms with E-state index in [1.807, 2.05) is 0 Å². The van der Waals surface area contributed by atoms with Crippen molar-refractivity contribution in [1.82, 2.24) is 4.98 Å². The summed E-state index contributed by atoms with van der Waals surface area (Å²) in [6, 6.07) is 1.64. The average Bonchev–Trinajstić information content (AvgIpc) is 2.16. The number of halogens is 2. The lowest BCUT2D eigenvalue weighted by Crippen LogP contribution is -2.06. The molecule has 3 nitrogen and oxygen atoms in total. The van der Waals surface area contributed by atoms with E-state index in [1.165, 1.54) is 7.11 Å². The van der Waals surface area contributed by atoms with Crippen molar-refractivity contribution in [3.63, 3.8) is 0 Å². The van der Waals surface area contributed by atoms with Crippen LogP contribution < -0.4 is 10.5 Å². The second kappa shape index (κ2) is 4.32. The normalized spacial score (nSPS) is 10.7. The lowest BCUT2D eigenvalue weighted by Gasteiger charge is -2.11. The summed E-state index contributed by atoms with van der Waals surface area (Å²) < 4.78 is 29.9. The molecule has 0 fully saturated rings. The highest BCUT2D eigenvalue weighted by Crippen LogP contribution is 2.30. The van der Waals surface area contributed by atoms with Crippen LogP contribution in [0.15, 0.2) is 6.07 Å². The third-order valence-electron chi connectivity index (χ3n) is 1.86. The third-order valence-corrected chi connectivity index (χ3v) is 1.86. The molecule has 1 aromatic heterocycles. The minimum atomic E-state index is -2.64. The van der Waals surface area contributed by atoms with Crippen molar-refractivity contribution >= 4 is 0 Å². The van der Waals surface area contributed by atoms with Gasteiger partial charge in [-0.05, 0) is 18.6 Å². The van der Waals surface area contributed by atoms with Crippen LogP contribution in [0.1, 0.15) is 23.4 Å². The summed E-state index contributed by atoms with van der Waals surface area (Å²) in [5.74, 6) is 0.136. The first-order valence-corrected chi connectivity index (χ1v) is 4.12. The van der Waals surface area contributed by atoms with E-state index in [0.29, 0.717) is 11.3 Å². The van der Waals surface area contributed by atoms with Crippen LogP contribution in [0.25, 0.3) is 0 Å². The fourth-order valence-electron chi connectivity index (χ4n) is 1.27. The zero-order valence-corrected chi connectivity index (χ0v) is 8.05. The minimum absolute atomic E-state index is 0.136. The van der Waals surface area contributed by atoms with Gasteiger partial charge in [0, 0.05) is 6.54 Å². The van der Waals surface area contributed by atoms with Crippen molar-refractivity contribution in [2.24, 2.45) is 5.73 Å². The molecule has 0 aliphatic carbocycles. The van der Waals surface area contributed by atoms with Crippen molar-refractivity contribution in [3.8, 4) is 5.75 Å². The van der Waals surface area contributed by atoms with Gasteiger partial charge < -0.3 is 10.5 Å². The van der Waals surface area contributed by atoms with Gasteiger partial charge in [-0.1, -0.05) is 0 Å². The lowest BCUT2D eigenvalue weighted by molar-refractivity contribution is 0.141. The largest absolute Gasteiger partial charge is 0.494 e. The van der Waals surface area contributed by atoms with Gasteiger partial charge in [0.25, 0.3) is 6.43 Å². The van der Waals surface area contributed by atoms with E-state index in [4.69, 9.17) is 10.5 Å². The highest BCUT2D eigenvalue weighted by atomic mass is 19.3. The molecule has 5 heteroatoms. The number of aromatic nitrogens is 1. The van der Waals surface area contributed by atoms with E-state index in [9.17, 15) is 8.78 Å². The van der Waals surface area contributed by atoms with E-state index in [-0.39, 0.29) is 18.0 Å². The molecule has 0 atom stereocenters. The number of nitrogens with zero attached hydrogens (tertiary/aromatic N) is 1. The van der Waals surface area contributed by atoms with Crippen LogP contribution >= 0.6 is 0 Å². The maximum absolute atomic E-state index is 12.5. The van der Waals surface area contributed by atoms with E-state index < -0.39 is 6.43 Å². The predicted octanol–water partition coefficient (Wildman–Crippen LogP) is 1.79.